The summed E-state index contributed by atoms with van der Waals surface area (Å²) in [5, 5.41) is 6.20. The predicted octanol–water partition coefficient (Wildman–Crippen LogP) is 5.77. The van der Waals surface area contributed by atoms with E-state index in [4.69, 9.17) is 21.5 Å². The number of aromatic amines is 1. The number of H-pyrrole nitrogens is 1. The van der Waals surface area contributed by atoms with Gasteiger partial charge in [-0.25, -0.2) is 19.9 Å². The molecular weight excluding hydrogens is 462 g/mol. The standard InChI is InChI=1S/C26H27N5O3S/c1-4-19(29-23-22(25(32)33-5-2)15-27-16(3)28-23)14-17-10-12-18(13-11-17)20-8-6-7-9-21(20)24-30-26(35)34-31-24/h6-13,15,19H,4-5,14H2,1-3H3,(H,27,28,29)(H,30,31,35). The van der Waals surface area contributed by atoms with E-state index < -0.39 is 5.97 Å². The predicted molar refractivity (Wildman–Crippen MR) is 137 cm³/mol. The zero-order valence-electron chi connectivity index (χ0n) is 19.9. The minimum absolute atomic E-state index is 0.0748. The van der Waals surface area contributed by atoms with Crippen LogP contribution in [0.15, 0.2) is 59.3 Å². The highest BCUT2D eigenvalue weighted by molar-refractivity contribution is 7.71. The first-order chi connectivity index (χ1) is 17.0. The lowest BCUT2D eigenvalue weighted by Crippen LogP contribution is -2.24. The molecule has 8 nitrogen and oxygen atoms in total. The quantitative estimate of drug-likeness (QED) is 0.225. The highest BCUT2D eigenvalue weighted by atomic mass is 32.1. The summed E-state index contributed by atoms with van der Waals surface area (Å²) in [4.78, 5) is 25.4. The molecule has 9 heteroatoms. The van der Waals surface area contributed by atoms with Crippen LogP contribution in [0.4, 0.5) is 5.82 Å². The van der Waals surface area contributed by atoms with Crippen molar-refractivity contribution in [2.24, 2.45) is 0 Å². The highest BCUT2D eigenvalue weighted by Gasteiger charge is 2.18. The van der Waals surface area contributed by atoms with Crippen molar-refractivity contribution >= 4 is 24.0 Å². The molecule has 1 unspecified atom stereocenters. The van der Waals surface area contributed by atoms with Crippen LogP contribution in [0.25, 0.3) is 22.5 Å². The number of ether oxygens (including phenoxy) is 1. The van der Waals surface area contributed by atoms with E-state index in [1.807, 2.05) is 24.3 Å². The molecule has 2 heterocycles. The number of hydrogen-bond donors (Lipinski definition) is 2. The van der Waals surface area contributed by atoms with Crippen molar-refractivity contribution in [3.8, 4) is 22.5 Å². The first-order valence-electron chi connectivity index (χ1n) is 11.5. The van der Waals surface area contributed by atoms with Crippen LogP contribution in [0.1, 0.15) is 42.0 Å². The second kappa shape index (κ2) is 11.1. The Balaban J connectivity index is 1.53. The minimum Gasteiger partial charge on any atom is -0.462 e. The van der Waals surface area contributed by atoms with Gasteiger partial charge in [-0.15, -0.1) is 0 Å². The normalized spacial score (nSPS) is 11.7. The number of carbonyl (C=O) groups excluding carboxylic acids is 1. The summed E-state index contributed by atoms with van der Waals surface area (Å²) in [6.45, 7) is 5.96. The van der Waals surface area contributed by atoms with E-state index in [0.29, 0.717) is 29.6 Å². The van der Waals surface area contributed by atoms with E-state index in [9.17, 15) is 4.79 Å². The van der Waals surface area contributed by atoms with Gasteiger partial charge in [0.05, 0.1) is 6.61 Å². The number of benzene rings is 2. The van der Waals surface area contributed by atoms with Gasteiger partial charge in [-0.1, -0.05) is 55.5 Å². The van der Waals surface area contributed by atoms with E-state index in [1.165, 1.54) is 6.20 Å². The van der Waals surface area contributed by atoms with Crippen molar-refractivity contribution < 1.29 is 14.1 Å². The third kappa shape index (κ3) is 5.81. The van der Waals surface area contributed by atoms with Crippen LogP contribution in [0.2, 0.25) is 0 Å². The number of esters is 1. The van der Waals surface area contributed by atoms with Gasteiger partial charge < -0.3 is 14.6 Å². The summed E-state index contributed by atoms with van der Waals surface area (Å²) in [6.07, 6.45) is 3.13. The molecule has 0 radical (unpaired) electrons. The molecular formula is C26H27N5O3S. The molecule has 0 spiro atoms. The van der Waals surface area contributed by atoms with E-state index in [2.05, 4.69) is 56.6 Å². The summed E-state index contributed by atoms with van der Waals surface area (Å²) < 4.78 is 10.3. The average Bonchev–Trinajstić information content (AvgIpc) is 3.30. The molecule has 0 bridgehead atoms. The lowest BCUT2D eigenvalue weighted by molar-refractivity contribution is 0.0526. The van der Waals surface area contributed by atoms with Gasteiger partial charge in [-0.05, 0) is 55.6 Å². The van der Waals surface area contributed by atoms with Crippen molar-refractivity contribution in [1.82, 2.24) is 20.1 Å². The maximum absolute atomic E-state index is 12.3. The Kier molecular flexibility index (Phi) is 7.67. The first-order valence-corrected chi connectivity index (χ1v) is 11.9. The van der Waals surface area contributed by atoms with Crippen LogP contribution in [0, 0.1) is 11.8 Å². The molecule has 1 atom stereocenters. The molecule has 0 aliphatic rings. The van der Waals surface area contributed by atoms with Gasteiger partial charge in [0, 0.05) is 17.8 Å². The Morgan fingerprint density at radius 1 is 1.11 bits per heavy atom. The third-order valence-corrected chi connectivity index (χ3v) is 5.78. The molecule has 4 rings (SSSR count). The van der Waals surface area contributed by atoms with Gasteiger partial charge in [-0.3, -0.25) is 0 Å². The van der Waals surface area contributed by atoms with Crippen LogP contribution < -0.4 is 5.32 Å². The summed E-state index contributed by atoms with van der Waals surface area (Å²) in [5.41, 5.74) is 4.51. The number of anilines is 1. The average molecular weight is 490 g/mol. The lowest BCUT2D eigenvalue weighted by atomic mass is 9.96. The Morgan fingerprint density at radius 2 is 1.86 bits per heavy atom. The SMILES string of the molecule is CCOC(=O)c1cnc(C)nc1NC(CC)Cc1ccc(-c2ccccc2-c2nc(=S)o[nH]2)cc1. The van der Waals surface area contributed by atoms with Crippen molar-refractivity contribution in [2.75, 3.05) is 11.9 Å². The second-order valence-electron chi connectivity index (χ2n) is 8.03. The second-order valence-corrected chi connectivity index (χ2v) is 8.38. The lowest BCUT2D eigenvalue weighted by Gasteiger charge is -2.20. The number of aryl methyl sites for hydroxylation is 1. The third-order valence-electron chi connectivity index (χ3n) is 5.61. The molecule has 180 valence electrons. The summed E-state index contributed by atoms with van der Waals surface area (Å²) in [7, 11) is 0. The molecule has 2 aromatic carbocycles. The number of nitrogens with one attached hydrogen (secondary N) is 2. The molecule has 4 aromatic rings. The molecule has 2 N–H and O–H groups in total. The molecule has 0 saturated carbocycles. The van der Waals surface area contributed by atoms with Gasteiger partial charge in [-0.2, -0.15) is 4.98 Å². The fourth-order valence-electron chi connectivity index (χ4n) is 3.82. The summed E-state index contributed by atoms with van der Waals surface area (Å²) in [6, 6.07) is 16.4. The maximum atomic E-state index is 12.3. The summed E-state index contributed by atoms with van der Waals surface area (Å²) >= 11 is 5.00. The van der Waals surface area contributed by atoms with Gasteiger partial charge in [0.25, 0.3) is 0 Å². The van der Waals surface area contributed by atoms with Gasteiger partial charge >= 0.3 is 10.8 Å². The van der Waals surface area contributed by atoms with Crippen molar-refractivity contribution in [1.29, 1.82) is 0 Å². The van der Waals surface area contributed by atoms with Crippen LogP contribution in [-0.2, 0) is 11.2 Å². The Morgan fingerprint density at radius 3 is 2.51 bits per heavy atom. The molecule has 0 aliphatic carbocycles. The Labute approximate surface area is 208 Å². The van der Waals surface area contributed by atoms with Crippen LogP contribution in [0.3, 0.4) is 0 Å². The smallest absolute Gasteiger partial charge is 0.343 e. The monoisotopic (exact) mass is 489 g/mol. The molecule has 2 aromatic heterocycles. The first kappa shape index (κ1) is 24.3. The Bertz CT molecular complexity index is 1360. The van der Waals surface area contributed by atoms with Gasteiger partial charge in [0.2, 0.25) is 0 Å². The van der Waals surface area contributed by atoms with Gasteiger partial charge in [0.15, 0.2) is 5.82 Å². The largest absolute Gasteiger partial charge is 0.462 e. The van der Waals surface area contributed by atoms with E-state index in [0.717, 1.165) is 35.1 Å². The molecule has 0 fully saturated rings. The van der Waals surface area contributed by atoms with Crippen LogP contribution in [0.5, 0.6) is 0 Å². The molecule has 0 amide bonds. The van der Waals surface area contributed by atoms with E-state index >= 15 is 0 Å². The number of carbonyl (C=O) groups is 1. The molecule has 35 heavy (non-hydrogen) atoms. The van der Waals surface area contributed by atoms with Crippen molar-refractivity contribution in [2.45, 2.75) is 39.7 Å². The zero-order chi connectivity index (χ0) is 24.8. The van der Waals surface area contributed by atoms with Crippen molar-refractivity contribution in [3.63, 3.8) is 0 Å². The maximum Gasteiger partial charge on any atom is 0.343 e. The minimum atomic E-state index is -0.430. The summed E-state index contributed by atoms with van der Waals surface area (Å²) in [5.74, 6) is 1.26. The number of hydrogen-bond acceptors (Lipinski definition) is 8. The zero-order valence-corrected chi connectivity index (χ0v) is 20.7. The molecule has 0 aliphatic heterocycles. The van der Waals surface area contributed by atoms with Gasteiger partial charge in [0.1, 0.15) is 17.2 Å². The highest BCUT2D eigenvalue weighted by Crippen LogP contribution is 2.30. The fourth-order valence-corrected chi connectivity index (χ4v) is 3.95. The number of aromatic nitrogens is 4. The van der Waals surface area contributed by atoms with Crippen LogP contribution in [-0.4, -0.2) is 38.7 Å². The van der Waals surface area contributed by atoms with Crippen molar-refractivity contribution in [3.05, 3.63) is 76.5 Å². The fraction of sp³-hybridized carbons (Fsp3) is 0.269. The number of nitrogens with zero attached hydrogens (tertiary/aromatic N) is 3. The Hall–Kier alpha value is -3.85. The molecule has 0 saturated heterocycles. The number of rotatable bonds is 9. The van der Waals surface area contributed by atoms with E-state index in [-0.39, 0.29) is 10.9 Å². The van der Waals surface area contributed by atoms with Crippen LogP contribution >= 0.6 is 12.2 Å². The topological polar surface area (TPSA) is 106 Å². The van der Waals surface area contributed by atoms with E-state index in [1.54, 1.807) is 13.8 Å².